The highest BCUT2D eigenvalue weighted by Gasteiger charge is 2.20. The molecule has 2 rings (SSSR count). The minimum atomic E-state index is -0.326. The smallest absolute Gasteiger partial charge is 0.241 e. The predicted octanol–water partition coefficient (Wildman–Crippen LogP) is 4.80. The lowest BCUT2D eigenvalue weighted by atomic mass is 9.97. The van der Waals surface area contributed by atoms with E-state index in [0.717, 1.165) is 23.2 Å². The van der Waals surface area contributed by atoms with Gasteiger partial charge in [-0.15, -0.1) is 0 Å². The van der Waals surface area contributed by atoms with Crippen LogP contribution in [0.4, 0.5) is 10.1 Å². The van der Waals surface area contributed by atoms with Crippen molar-refractivity contribution in [3.63, 3.8) is 0 Å². The second-order valence-electron chi connectivity index (χ2n) is 6.61. The van der Waals surface area contributed by atoms with Crippen molar-refractivity contribution in [1.82, 2.24) is 4.90 Å². The fourth-order valence-electron chi connectivity index (χ4n) is 2.76. The van der Waals surface area contributed by atoms with Crippen molar-refractivity contribution in [3.05, 3.63) is 65.5 Å². The number of nitrogens with one attached hydrogen (secondary N) is 1. The van der Waals surface area contributed by atoms with Crippen LogP contribution < -0.4 is 5.32 Å². The third kappa shape index (κ3) is 5.13. The Balaban J connectivity index is 2.05. The number of carbonyl (C=O) groups excluding carboxylic acids is 1. The number of amides is 1. The van der Waals surface area contributed by atoms with Gasteiger partial charge >= 0.3 is 0 Å². The SMILES string of the molecule is CC[C@H](C)c1ccccc1NC(=O)[C@@H](C)N(C)Cc1cccc(F)c1. The van der Waals surface area contributed by atoms with E-state index in [9.17, 15) is 9.18 Å². The average Bonchev–Trinajstić information content (AvgIpc) is 2.60. The van der Waals surface area contributed by atoms with Gasteiger partial charge in [-0.2, -0.15) is 0 Å². The van der Waals surface area contributed by atoms with Gasteiger partial charge in [0.25, 0.3) is 0 Å². The minimum Gasteiger partial charge on any atom is -0.324 e. The number of hydrogen-bond donors (Lipinski definition) is 1. The van der Waals surface area contributed by atoms with Gasteiger partial charge in [-0.3, -0.25) is 9.69 Å². The molecule has 0 saturated heterocycles. The van der Waals surface area contributed by atoms with Crippen molar-refractivity contribution >= 4 is 11.6 Å². The van der Waals surface area contributed by atoms with E-state index in [1.54, 1.807) is 6.07 Å². The Morgan fingerprint density at radius 1 is 1.16 bits per heavy atom. The molecule has 0 bridgehead atoms. The Morgan fingerprint density at radius 2 is 1.88 bits per heavy atom. The van der Waals surface area contributed by atoms with Crippen molar-refractivity contribution in [3.8, 4) is 0 Å². The lowest BCUT2D eigenvalue weighted by molar-refractivity contribution is -0.120. The number of halogens is 1. The van der Waals surface area contributed by atoms with Crippen LogP contribution >= 0.6 is 0 Å². The van der Waals surface area contributed by atoms with Gasteiger partial charge in [0, 0.05) is 12.2 Å². The monoisotopic (exact) mass is 342 g/mol. The largest absolute Gasteiger partial charge is 0.324 e. The Labute approximate surface area is 149 Å². The van der Waals surface area contributed by atoms with Crippen molar-refractivity contribution in [2.24, 2.45) is 0 Å². The molecule has 0 unspecified atom stereocenters. The fourth-order valence-corrected chi connectivity index (χ4v) is 2.76. The Kier molecular flexibility index (Phi) is 6.71. The van der Waals surface area contributed by atoms with Crippen LogP contribution in [0.3, 0.4) is 0 Å². The lowest BCUT2D eigenvalue weighted by Gasteiger charge is -2.25. The first-order valence-electron chi connectivity index (χ1n) is 8.76. The highest BCUT2D eigenvalue weighted by atomic mass is 19.1. The molecule has 1 N–H and O–H groups in total. The highest BCUT2D eigenvalue weighted by Crippen LogP contribution is 2.26. The second kappa shape index (κ2) is 8.77. The molecule has 2 aromatic carbocycles. The molecular formula is C21H27FN2O. The number of para-hydroxylation sites is 1. The summed E-state index contributed by atoms with van der Waals surface area (Å²) in [5.74, 6) is 0.0666. The highest BCUT2D eigenvalue weighted by molar-refractivity contribution is 5.95. The number of carbonyl (C=O) groups is 1. The maximum absolute atomic E-state index is 13.3. The predicted molar refractivity (Wildman–Crippen MR) is 101 cm³/mol. The molecule has 0 saturated carbocycles. The zero-order valence-electron chi connectivity index (χ0n) is 15.4. The van der Waals surface area contributed by atoms with Gasteiger partial charge in [0.05, 0.1) is 6.04 Å². The van der Waals surface area contributed by atoms with E-state index in [1.165, 1.54) is 12.1 Å². The van der Waals surface area contributed by atoms with Gasteiger partial charge in [0.2, 0.25) is 5.91 Å². The molecular weight excluding hydrogens is 315 g/mol. The topological polar surface area (TPSA) is 32.3 Å². The van der Waals surface area contributed by atoms with Crippen LogP contribution in [-0.4, -0.2) is 23.9 Å². The van der Waals surface area contributed by atoms with Crippen LogP contribution in [0.15, 0.2) is 48.5 Å². The number of benzene rings is 2. The summed E-state index contributed by atoms with van der Waals surface area (Å²) in [7, 11) is 1.87. The lowest BCUT2D eigenvalue weighted by Crippen LogP contribution is -2.39. The van der Waals surface area contributed by atoms with Crippen LogP contribution in [0.5, 0.6) is 0 Å². The molecule has 0 fully saturated rings. The fraction of sp³-hybridized carbons (Fsp3) is 0.381. The quantitative estimate of drug-likeness (QED) is 0.784. The molecule has 0 aromatic heterocycles. The Morgan fingerprint density at radius 3 is 2.56 bits per heavy atom. The summed E-state index contributed by atoms with van der Waals surface area (Å²) in [4.78, 5) is 14.6. The van der Waals surface area contributed by atoms with E-state index < -0.39 is 0 Å². The number of likely N-dealkylation sites (N-methyl/N-ethyl adjacent to an activating group) is 1. The van der Waals surface area contributed by atoms with Crippen LogP contribution in [0, 0.1) is 5.82 Å². The van der Waals surface area contributed by atoms with E-state index in [2.05, 4.69) is 25.2 Å². The van der Waals surface area contributed by atoms with E-state index in [1.807, 2.05) is 43.1 Å². The third-order valence-electron chi connectivity index (χ3n) is 4.72. The molecule has 134 valence electrons. The third-order valence-corrected chi connectivity index (χ3v) is 4.72. The molecule has 2 aromatic rings. The summed E-state index contributed by atoms with van der Waals surface area (Å²) in [5, 5.41) is 3.05. The maximum Gasteiger partial charge on any atom is 0.241 e. The normalized spacial score (nSPS) is 13.5. The first kappa shape index (κ1) is 19.1. The van der Waals surface area contributed by atoms with E-state index >= 15 is 0 Å². The molecule has 0 aliphatic heterocycles. The number of rotatable bonds is 7. The van der Waals surface area contributed by atoms with Crippen LogP contribution in [0.1, 0.15) is 44.2 Å². The second-order valence-corrected chi connectivity index (χ2v) is 6.61. The van der Waals surface area contributed by atoms with E-state index in [4.69, 9.17) is 0 Å². The molecule has 1 amide bonds. The van der Waals surface area contributed by atoms with Crippen molar-refractivity contribution in [2.45, 2.75) is 45.7 Å². The standard InChI is InChI=1S/C21H27FN2O/c1-5-15(2)19-11-6-7-12-20(19)23-21(25)16(3)24(4)14-17-9-8-10-18(22)13-17/h6-13,15-16H,5,14H2,1-4H3,(H,23,25)/t15-,16+/m0/s1. The summed E-state index contributed by atoms with van der Waals surface area (Å²) in [6.45, 7) is 6.67. The van der Waals surface area contributed by atoms with Gasteiger partial charge < -0.3 is 5.32 Å². The molecule has 0 radical (unpaired) electrons. The molecule has 0 spiro atoms. The van der Waals surface area contributed by atoms with Crippen molar-refractivity contribution in [1.29, 1.82) is 0 Å². The van der Waals surface area contributed by atoms with Gasteiger partial charge in [0.1, 0.15) is 5.82 Å². The summed E-state index contributed by atoms with van der Waals surface area (Å²) < 4.78 is 13.3. The zero-order chi connectivity index (χ0) is 18.4. The van der Waals surface area contributed by atoms with Crippen molar-refractivity contribution in [2.75, 3.05) is 12.4 Å². The Hall–Kier alpha value is -2.20. The maximum atomic E-state index is 13.3. The van der Waals surface area contributed by atoms with Crippen LogP contribution in [0.25, 0.3) is 0 Å². The summed E-state index contributed by atoms with van der Waals surface area (Å²) in [5.41, 5.74) is 2.87. The van der Waals surface area contributed by atoms with E-state index in [-0.39, 0.29) is 17.8 Å². The zero-order valence-corrected chi connectivity index (χ0v) is 15.4. The minimum absolute atomic E-state index is 0.0605. The average molecular weight is 342 g/mol. The van der Waals surface area contributed by atoms with Gasteiger partial charge in [-0.1, -0.05) is 44.2 Å². The number of anilines is 1. The first-order valence-corrected chi connectivity index (χ1v) is 8.76. The number of nitrogens with zero attached hydrogens (tertiary/aromatic N) is 1. The van der Waals surface area contributed by atoms with Crippen LogP contribution in [0.2, 0.25) is 0 Å². The molecule has 0 heterocycles. The molecule has 2 atom stereocenters. The van der Waals surface area contributed by atoms with Gasteiger partial charge in [-0.05, 0) is 55.6 Å². The Bertz CT molecular complexity index is 717. The van der Waals surface area contributed by atoms with Crippen molar-refractivity contribution < 1.29 is 9.18 Å². The molecule has 0 aliphatic carbocycles. The van der Waals surface area contributed by atoms with Gasteiger partial charge in [-0.25, -0.2) is 4.39 Å². The molecule has 25 heavy (non-hydrogen) atoms. The summed E-state index contributed by atoms with van der Waals surface area (Å²) >= 11 is 0. The summed E-state index contributed by atoms with van der Waals surface area (Å²) in [6.07, 6.45) is 1.02. The summed E-state index contributed by atoms with van der Waals surface area (Å²) in [6, 6.07) is 14.1. The molecule has 3 nitrogen and oxygen atoms in total. The number of hydrogen-bond acceptors (Lipinski definition) is 2. The van der Waals surface area contributed by atoms with Crippen LogP contribution in [-0.2, 0) is 11.3 Å². The molecule has 0 aliphatic rings. The van der Waals surface area contributed by atoms with Gasteiger partial charge in [0.15, 0.2) is 0 Å². The first-order chi connectivity index (χ1) is 11.9. The van der Waals surface area contributed by atoms with E-state index in [0.29, 0.717) is 12.5 Å². The molecule has 4 heteroatoms.